The van der Waals surface area contributed by atoms with Gasteiger partial charge in [0.2, 0.25) is 0 Å². The molecule has 1 amide bonds. The van der Waals surface area contributed by atoms with Gasteiger partial charge in [-0.2, -0.15) is 10.4 Å². The van der Waals surface area contributed by atoms with E-state index in [1.807, 2.05) is 24.3 Å². The van der Waals surface area contributed by atoms with Crippen LogP contribution in [0.3, 0.4) is 0 Å². The third kappa shape index (κ3) is 2.43. The number of nitrogens with zero attached hydrogens (tertiary/aromatic N) is 3. The van der Waals surface area contributed by atoms with Gasteiger partial charge in [0.25, 0.3) is 5.91 Å². The quantitative estimate of drug-likeness (QED) is 0.567. The molecule has 0 spiro atoms. The van der Waals surface area contributed by atoms with Crippen molar-refractivity contribution in [2.45, 2.75) is 0 Å². The van der Waals surface area contributed by atoms with Gasteiger partial charge in [-0.25, -0.2) is 0 Å². The highest BCUT2D eigenvalue weighted by atomic mass is 16.1. The molecule has 0 fully saturated rings. The first kappa shape index (κ1) is 13.5. The van der Waals surface area contributed by atoms with Crippen LogP contribution in [0.5, 0.6) is 0 Å². The maximum atomic E-state index is 11.1. The molecular weight excluding hydrogens is 278 g/mol. The van der Waals surface area contributed by atoms with Crippen molar-refractivity contribution in [3.63, 3.8) is 0 Å². The number of pyridine rings is 1. The Morgan fingerprint density at radius 3 is 2.91 bits per heavy atom. The highest BCUT2D eigenvalue weighted by Gasteiger charge is 2.09. The number of fused-ring (bicyclic) bond motifs is 1. The third-order valence-electron chi connectivity index (χ3n) is 3.22. The summed E-state index contributed by atoms with van der Waals surface area (Å²) in [6.45, 7) is 0. The highest BCUT2D eigenvalue weighted by Crippen LogP contribution is 2.27. The summed E-state index contributed by atoms with van der Waals surface area (Å²) in [5.74, 6) is -0.748. The molecule has 106 valence electrons. The molecule has 3 rings (SSSR count). The molecule has 0 saturated carbocycles. The van der Waals surface area contributed by atoms with Crippen LogP contribution in [0.1, 0.15) is 5.56 Å². The van der Waals surface area contributed by atoms with E-state index in [1.54, 1.807) is 24.5 Å². The Morgan fingerprint density at radius 2 is 2.23 bits per heavy atom. The summed E-state index contributed by atoms with van der Waals surface area (Å²) in [5, 5.41) is 17.0. The van der Waals surface area contributed by atoms with Crippen LogP contribution in [0.2, 0.25) is 0 Å². The highest BCUT2D eigenvalue weighted by molar-refractivity contribution is 6.01. The SMILES string of the molecule is N#C/C(=C\c1ccc2[nH]nc(-c3cccnc3)c2c1)C(N)=O. The molecular formula is C16H11N5O. The Kier molecular flexibility index (Phi) is 3.38. The van der Waals surface area contributed by atoms with Crippen LogP contribution < -0.4 is 5.73 Å². The van der Waals surface area contributed by atoms with Gasteiger partial charge in [-0.05, 0) is 35.9 Å². The van der Waals surface area contributed by atoms with Crippen molar-refractivity contribution in [1.29, 1.82) is 5.26 Å². The van der Waals surface area contributed by atoms with E-state index in [0.717, 1.165) is 22.2 Å². The van der Waals surface area contributed by atoms with E-state index in [9.17, 15) is 4.79 Å². The predicted octanol–water partition coefficient (Wildman–Crippen LogP) is 2.02. The van der Waals surface area contributed by atoms with Gasteiger partial charge in [0.1, 0.15) is 17.3 Å². The van der Waals surface area contributed by atoms with Crippen molar-refractivity contribution >= 4 is 22.9 Å². The summed E-state index contributed by atoms with van der Waals surface area (Å²) < 4.78 is 0. The molecule has 3 N–H and O–H groups in total. The molecule has 22 heavy (non-hydrogen) atoms. The first-order valence-electron chi connectivity index (χ1n) is 6.49. The Morgan fingerprint density at radius 1 is 1.36 bits per heavy atom. The lowest BCUT2D eigenvalue weighted by Gasteiger charge is -1.99. The molecule has 0 unspecified atom stereocenters. The number of hydrogen-bond donors (Lipinski definition) is 2. The lowest BCUT2D eigenvalue weighted by atomic mass is 10.1. The number of nitrogens with two attached hydrogens (primary N) is 1. The number of rotatable bonds is 3. The van der Waals surface area contributed by atoms with Gasteiger partial charge in [-0.15, -0.1) is 0 Å². The largest absolute Gasteiger partial charge is 0.365 e. The summed E-state index contributed by atoms with van der Waals surface area (Å²) >= 11 is 0. The fourth-order valence-electron chi connectivity index (χ4n) is 2.17. The van der Waals surface area contributed by atoms with Crippen LogP contribution in [0.25, 0.3) is 28.2 Å². The molecule has 0 bridgehead atoms. The van der Waals surface area contributed by atoms with Crippen molar-refractivity contribution in [3.8, 4) is 17.3 Å². The monoisotopic (exact) mass is 289 g/mol. The summed E-state index contributed by atoms with van der Waals surface area (Å²) in [6, 6.07) is 11.0. The van der Waals surface area contributed by atoms with Gasteiger partial charge >= 0.3 is 0 Å². The second-order valence-electron chi connectivity index (χ2n) is 4.65. The van der Waals surface area contributed by atoms with Crippen LogP contribution in [0.4, 0.5) is 0 Å². The average molecular weight is 289 g/mol. The molecule has 2 heterocycles. The average Bonchev–Trinajstić information content (AvgIpc) is 2.96. The summed E-state index contributed by atoms with van der Waals surface area (Å²) in [7, 11) is 0. The van der Waals surface area contributed by atoms with Crippen LogP contribution >= 0.6 is 0 Å². The number of hydrogen-bond acceptors (Lipinski definition) is 4. The molecule has 0 atom stereocenters. The molecule has 0 aliphatic carbocycles. The van der Waals surface area contributed by atoms with Gasteiger partial charge in [-0.1, -0.05) is 6.07 Å². The first-order chi connectivity index (χ1) is 10.7. The molecule has 6 nitrogen and oxygen atoms in total. The number of amides is 1. The second kappa shape index (κ2) is 5.50. The summed E-state index contributed by atoms with van der Waals surface area (Å²) in [6.07, 6.45) is 4.88. The Hall–Kier alpha value is -3.46. The number of aromatic nitrogens is 3. The minimum Gasteiger partial charge on any atom is -0.365 e. The van der Waals surface area contributed by atoms with Crippen LogP contribution in [0, 0.1) is 11.3 Å². The van der Waals surface area contributed by atoms with Crippen molar-refractivity contribution < 1.29 is 4.79 Å². The first-order valence-corrected chi connectivity index (χ1v) is 6.49. The third-order valence-corrected chi connectivity index (χ3v) is 3.22. The number of carbonyl (C=O) groups excluding carboxylic acids is 1. The van der Waals surface area contributed by atoms with Crippen molar-refractivity contribution in [2.75, 3.05) is 0 Å². The molecule has 0 radical (unpaired) electrons. The van der Waals surface area contributed by atoms with Gasteiger partial charge in [0.05, 0.1) is 5.52 Å². The van der Waals surface area contributed by atoms with E-state index in [0.29, 0.717) is 5.56 Å². The van der Waals surface area contributed by atoms with Crippen molar-refractivity contribution in [3.05, 3.63) is 53.9 Å². The lowest BCUT2D eigenvalue weighted by molar-refractivity contribution is -0.114. The maximum Gasteiger partial charge on any atom is 0.259 e. The number of benzene rings is 1. The van der Waals surface area contributed by atoms with Gasteiger partial charge < -0.3 is 5.73 Å². The van der Waals surface area contributed by atoms with E-state index < -0.39 is 5.91 Å². The smallest absolute Gasteiger partial charge is 0.259 e. The van der Waals surface area contributed by atoms with E-state index in [4.69, 9.17) is 11.0 Å². The number of nitriles is 1. The standard InChI is InChI=1S/C16H11N5O/c17-8-12(16(18)22)6-10-3-4-14-13(7-10)15(21-20-14)11-2-1-5-19-9-11/h1-7,9H,(H2,18,22)(H,20,21)/b12-6+. The Bertz CT molecular complexity index is 919. The summed E-state index contributed by atoms with van der Waals surface area (Å²) in [4.78, 5) is 15.2. The number of nitrogens with one attached hydrogen (secondary N) is 1. The van der Waals surface area contributed by atoms with Crippen LogP contribution in [0.15, 0.2) is 48.3 Å². The molecule has 0 aliphatic rings. The number of H-pyrrole nitrogens is 1. The van der Waals surface area contributed by atoms with Gasteiger partial charge in [0, 0.05) is 23.3 Å². The fraction of sp³-hybridized carbons (Fsp3) is 0. The Labute approximate surface area is 125 Å². The molecule has 2 aromatic heterocycles. The lowest BCUT2D eigenvalue weighted by Crippen LogP contribution is -2.12. The predicted molar refractivity (Wildman–Crippen MR) is 82.1 cm³/mol. The van der Waals surface area contributed by atoms with Gasteiger partial charge in [-0.3, -0.25) is 14.9 Å². The molecule has 6 heteroatoms. The van der Waals surface area contributed by atoms with Crippen molar-refractivity contribution in [1.82, 2.24) is 15.2 Å². The summed E-state index contributed by atoms with van der Waals surface area (Å²) in [5.41, 5.74) is 8.26. The van der Waals surface area contributed by atoms with Crippen LogP contribution in [-0.4, -0.2) is 21.1 Å². The minimum atomic E-state index is -0.748. The number of carbonyl (C=O) groups is 1. The van der Waals surface area contributed by atoms with Gasteiger partial charge in [0.15, 0.2) is 0 Å². The fourth-order valence-corrected chi connectivity index (χ4v) is 2.17. The molecule has 1 aromatic carbocycles. The van der Waals surface area contributed by atoms with Crippen molar-refractivity contribution in [2.24, 2.45) is 5.73 Å². The van der Waals surface area contributed by atoms with E-state index in [1.165, 1.54) is 6.08 Å². The maximum absolute atomic E-state index is 11.1. The van der Waals surface area contributed by atoms with E-state index in [-0.39, 0.29) is 5.57 Å². The van der Waals surface area contributed by atoms with E-state index in [2.05, 4.69) is 15.2 Å². The topological polar surface area (TPSA) is 108 Å². The normalized spacial score (nSPS) is 11.3. The molecule has 0 aliphatic heterocycles. The van der Waals surface area contributed by atoms with E-state index >= 15 is 0 Å². The number of aromatic amines is 1. The number of primary amides is 1. The Balaban J connectivity index is 2.14. The minimum absolute atomic E-state index is 0.0919. The zero-order valence-corrected chi connectivity index (χ0v) is 11.4. The zero-order chi connectivity index (χ0) is 15.5. The van der Waals surface area contributed by atoms with Crippen LogP contribution in [-0.2, 0) is 4.79 Å². The molecule has 0 saturated heterocycles. The second-order valence-corrected chi connectivity index (χ2v) is 4.65. The zero-order valence-electron chi connectivity index (χ0n) is 11.4. The molecule has 3 aromatic rings.